The van der Waals surface area contributed by atoms with Crippen LogP contribution in [0.3, 0.4) is 0 Å². The van der Waals surface area contributed by atoms with E-state index >= 15 is 0 Å². The smallest absolute Gasteiger partial charge is 0.242 e. The molecule has 0 aliphatic rings. The highest BCUT2D eigenvalue weighted by Crippen LogP contribution is 2.30. The Morgan fingerprint density at radius 2 is 1.86 bits per heavy atom. The van der Waals surface area contributed by atoms with Crippen molar-refractivity contribution in [1.82, 2.24) is 9.62 Å². The van der Waals surface area contributed by atoms with Gasteiger partial charge in [0.25, 0.3) is 0 Å². The summed E-state index contributed by atoms with van der Waals surface area (Å²) in [4.78, 5) is 1.92. The van der Waals surface area contributed by atoms with Crippen LogP contribution in [0.2, 0.25) is 10.0 Å². The topological polar surface area (TPSA) is 75.4 Å². The molecule has 8 heteroatoms. The maximum Gasteiger partial charge on any atom is 0.242 e. The molecule has 0 radical (unpaired) electrons. The quantitative estimate of drug-likeness (QED) is 0.820. The fourth-order valence-corrected chi connectivity index (χ4v) is 3.61. The van der Waals surface area contributed by atoms with Gasteiger partial charge < -0.3 is 10.6 Å². The Bertz CT molecular complexity index is 616. The van der Waals surface area contributed by atoms with E-state index in [0.717, 1.165) is 0 Å². The molecule has 0 aromatic heterocycles. The van der Waals surface area contributed by atoms with Crippen LogP contribution in [0.4, 0.5) is 0 Å². The number of hydrogen-bond donors (Lipinski definition) is 2. The lowest BCUT2D eigenvalue weighted by atomic mass is 10.1. The maximum absolute atomic E-state index is 12.4. The molecular formula is C13H21Cl2N3O2S. The number of sulfonamides is 1. The van der Waals surface area contributed by atoms with E-state index < -0.39 is 10.0 Å². The normalized spacial score (nSPS) is 13.0. The Morgan fingerprint density at radius 3 is 2.33 bits per heavy atom. The molecule has 0 aliphatic carbocycles. The molecule has 0 spiro atoms. The molecule has 0 saturated heterocycles. The zero-order valence-corrected chi connectivity index (χ0v) is 14.9. The van der Waals surface area contributed by atoms with Gasteiger partial charge in [0.2, 0.25) is 10.0 Å². The zero-order chi connectivity index (χ0) is 16.4. The second-order valence-corrected chi connectivity index (χ2v) is 8.09. The summed E-state index contributed by atoms with van der Waals surface area (Å²) in [5, 5.41) is 0.426. The predicted molar refractivity (Wildman–Crippen MR) is 87.3 cm³/mol. The summed E-state index contributed by atoms with van der Waals surface area (Å²) in [7, 11) is 0.0402. The summed E-state index contributed by atoms with van der Waals surface area (Å²) in [6, 6.07) is 2.87. The summed E-state index contributed by atoms with van der Waals surface area (Å²) in [6.45, 7) is 4.19. The summed E-state index contributed by atoms with van der Waals surface area (Å²) in [5.74, 6) is 0. The molecule has 0 amide bonds. The molecule has 0 unspecified atom stereocenters. The van der Waals surface area contributed by atoms with E-state index in [2.05, 4.69) is 4.72 Å². The van der Waals surface area contributed by atoms with Crippen LogP contribution in [-0.4, -0.2) is 39.5 Å². The Labute approximate surface area is 136 Å². The zero-order valence-electron chi connectivity index (χ0n) is 12.6. The molecule has 0 bridgehead atoms. The number of rotatable bonds is 6. The predicted octanol–water partition coefficient (Wildman–Crippen LogP) is 2.07. The Kier molecular flexibility index (Phi) is 6.06. The molecule has 0 saturated carbocycles. The van der Waals surface area contributed by atoms with Crippen molar-refractivity contribution in [2.75, 3.05) is 20.6 Å². The summed E-state index contributed by atoms with van der Waals surface area (Å²) in [5.41, 5.74) is 5.65. The highest BCUT2D eigenvalue weighted by molar-refractivity contribution is 7.89. The lowest BCUT2D eigenvalue weighted by Gasteiger charge is -2.32. The van der Waals surface area contributed by atoms with Crippen LogP contribution in [0.25, 0.3) is 0 Å². The molecule has 0 atom stereocenters. The van der Waals surface area contributed by atoms with E-state index in [9.17, 15) is 8.42 Å². The number of nitrogens with one attached hydrogen (secondary N) is 1. The Hall–Kier alpha value is -0.370. The lowest BCUT2D eigenvalue weighted by Crippen LogP contribution is -2.48. The second kappa shape index (κ2) is 6.81. The van der Waals surface area contributed by atoms with Gasteiger partial charge in [-0.25, -0.2) is 13.1 Å². The molecule has 5 nitrogen and oxygen atoms in total. The van der Waals surface area contributed by atoms with Gasteiger partial charge >= 0.3 is 0 Å². The SMILES string of the molecule is CN(C)C(C)(C)CNS(=O)(=O)c1ccc(Cl)c(CN)c1Cl. The van der Waals surface area contributed by atoms with Crippen molar-refractivity contribution in [2.24, 2.45) is 5.73 Å². The first-order valence-electron chi connectivity index (χ1n) is 6.37. The number of benzene rings is 1. The lowest BCUT2D eigenvalue weighted by molar-refractivity contribution is 0.199. The fraction of sp³-hybridized carbons (Fsp3) is 0.538. The third kappa shape index (κ3) is 4.31. The largest absolute Gasteiger partial charge is 0.326 e. The van der Waals surface area contributed by atoms with Gasteiger partial charge in [0.15, 0.2) is 0 Å². The minimum absolute atomic E-state index is 0.0106. The van der Waals surface area contributed by atoms with Crippen molar-refractivity contribution in [3.63, 3.8) is 0 Å². The fourth-order valence-electron chi connectivity index (χ4n) is 1.48. The average Bonchev–Trinajstić information content (AvgIpc) is 2.36. The minimum atomic E-state index is -3.73. The molecule has 3 N–H and O–H groups in total. The van der Waals surface area contributed by atoms with Crippen LogP contribution < -0.4 is 10.5 Å². The first kappa shape index (κ1) is 18.7. The van der Waals surface area contributed by atoms with Crippen LogP contribution >= 0.6 is 23.2 Å². The van der Waals surface area contributed by atoms with Gasteiger partial charge in [-0.2, -0.15) is 0 Å². The monoisotopic (exact) mass is 353 g/mol. The number of nitrogens with two attached hydrogens (primary N) is 1. The minimum Gasteiger partial charge on any atom is -0.326 e. The number of likely N-dealkylation sites (N-methyl/N-ethyl adjacent to an activating group) is 1. The van der Waals surface area contributed by atoms with Crippen molar-refractivity contribution >= 4 is 33.2 Å². The molecule has 1 aromatic rings. The summed E-state index contributed by atoms with van der Waals surface area (Å²) in [6.07, 6.45) is 0. The highest BCUT2D eigenvalue weighted by atomic mass is 35.5. The number of hydrogen-bond acceptors (Lipinski definition) is 4. The average molecular weight is 354 g/mol. The van der Waals surface area contributed by atoms with Crippen molar-refractivity contribution in [3.05, 3.63) is 27.7 Å². The Morgan fingerprint density at radius 1 is 1.29 bits per heavy atom. The molecule has 0 aliphatic heterocycles. The van der Waals surface area contributed by atoms with Gasteiger partial charge in [-0.1, -0.05) is 23.2 Å². The first-order chi connectivity index (χ1) is 9.53. The van der Waals surface area contributed by atoms with E-state index in [0.29, 0.717) is 10.6 Å². The van der Waals surface area contributed by atoms with Gasteiger partial charge in [0.05, 0.1) is 5.02 Å². The third-order valence-electron chi connectivity index (χ3n) is 3.55. The number of halogens is 2. The van der Waals surface area contributed by atoms with E-state index in [4.69, 9.17) is 28.9 Å². The van der Waals surface area contributed by atoms with Gasteiger partial charge in [0.1, 0.15) is 4.90 Å². The van der Waals surface area contributed by atoms with Crippen LogP contribution in [0.1, 0.15) is 19.4 Å². The molecule has 21 heavy (non-hydrogen) atoms. The first-order valence-corrected chi connectivity index (χ1v) is 8.61. The molecule has 0 heterocycles. The van der Waals surface area contributed by atoms with Gasteiger partial charge in [-0.15, -0.1) is 0 Å². The van der Waals surface area contributed by atoms with Crippen molar-refractivity contribution in [2.45, 2.75) is 30.8 Å². The molecule has 1 rings (SSSR count). The van der Waals surface area contributed by atoms with Crippen LogP contribution in [-0.2, 0) is 16.6 Å². The van der Waals surface area contributed by atoms with E-state index in [1.807, 2.05) is 32.8 Å². The second-order valence-electron chi connectivity index (χ2n) is 5.57. The van der Waals surface area contributed by atoms with Crippen LogP contribution in [0.15, 0.2) is 17.0 Å². The van der Waals surface area contributed by atoms with E-state index in [1.54, 1.807) is 0 Å². The highest BCUT2D eigenvalue weighted by Gasteiger charge is 2.26. The van der Waals surface area contributed by atoms with Gasteiger partial charge in [0, 0.05) is 29.2 Å². The molecule has 0 fully saturated rings. The van der Waals surface area contributed by atoms with E-state index in [1.165, 1.54) is 12.1 Å². The van der Waals surface area contributed by atoms with Crippen molar-refractivity contribution in [3.8, 4) is 0 Å². The van der Waals surface area contributed by atoms with Crippen LogP contribution in [0, 0.1) is 0 Å². The maximum atomic E-state index is 12.4. The molecule has 120 valence electrons. The van der Waals surface area contributed by atoms with Crippen molar-refractivity contribution in [1.29, 1.82) is 0 Å². The number of nitrogens with zero attached hydrogens (tertiary/aromatic N) is 1. The standard InChI is InChI=1S/C13H21Cl2N3O2S/c1-13(2,18(3)4)8-17-21(19,20)11-6-5-10(14)9(7-16)12(11)15/h5-6,17H,7-8,16H2,1-4H3. The summed E-state index contributed by atoms with van der Waals surface area (Å²) >= 11 is 12.1. The van der Waals surface area contributed by atoms with Gasteiger partial charge in [-0.05, 0) is 40.1 Å². The van der Waals surface area contributed by atoms with Crippen molar-refractivity contribution < 1.29 is 8.42 Å². The van der Waals surface area contributed by atoms with Crippen LogP contribution in [0.5, 0.6) is 0 Å². The molecule has 1 aromatic carbocycles. The molecular weight excluding hydrogens is 333 g/mol. The van der Waals surface area contributed by atoms with E-state index in [-0.39, 0.29) is 28.5 Å². The Balaban J connectivity index is 3.10. The summed E-state index contributed by atoms with van der Waals surface area (Å²) < 4.78 is 27.4. The third-order valence-corrected chi connectivity index (χ3v) is 5.89. The van der Waals surface area contributed by atoms with Gasteiger partial charge in [-0.3, -0.25) is 0 Å².